The summed E-state index contributed by atoms with van der Waals surface area (Å²) in [6.07, 6.45) is 1.93. The molecule has 1 atom stereocenters. The smallest absolute Gasteiger partial charge is 0.227 e. The molecule has 94 valence electrons. The fraction of sp³-hybridized carbons (Fsp3) is 0.429. The molecular weight excluding hydrogens is 228 g/mol. The van der Waals surface area contributed by atoms with E-state index in [4.69, 9.17) is 5.73 Å². The summed E-state index contributed by atoms with van der Waals surface area (Å²) in [7, 11) is 0. The van der Waals surface area contributed by atoms with Gasteiger partial charge in [-0.25, -0.2) is 0 Å². The summed E-state index contributed by atoms with van der Waals surface area (Å²) in [6, 6.07) is 5.71. The number of nitrogens with two attached hydrogens (primary N) is 1. The van der Waals surface area contributed by atoms with E-state index in [-0.39, 0.29) is 17.6 Å². The third-order valence-corrected chi connectivity index (χ3v) is 3.86. The van der Waals surface area contributed by atoms with E-state index in [1.54, 1.807) is 4.90 Å². The largest absolute Gasteiger partial charge is 0.330 e. The van der Waals surface area contributed by atoms with E-state index >= 15 is 0 Å². The molecule has 18 heavy (non-hydrogen) atoms. The number of carbonyl (C=O) groups is 2. The van der Waals surface area contributed by atoms with Crippen LogP contribution in [-0.2, 0) is 11.2 Å². The highest BCUT2D eigenvalue weighted by atomic mass is 16.2. The summed E-state index contributed by atoms with van der Waals surface area (Å²) in [6.45, 7) is 1.24. The summed E-state index contributed by atoms with van der Waals surface area (Å²) < 4.78 is 0. The second-order valence-electron chi connectivity index (χ2n) is 5.07. The summed E-state index contributed by atoms with van der Waals surface area (Å²) >= 11 is 0. The molecule has 1 aromatic rings. The number of fused-ring (bicyclic) bond motifs is 1. The van der Waals surface area contributed by atoms with E-state index in [1.807, 2.05) is 18.2 Å². The number of nitrogens with zero attached hydrogens (tertiary/aromatic N) is 1. The minimum absolute atomic E-state index is 0.134. The van der Waals surface area contributed by atoms with E-state index < -0.39 is 0 Å². The molecule has 2 N–H and O–H groups in total. The Hall–Kier alpha value is -1.68. The van der Waals surface area contributed by atoms with Crippen LogP contribution in [0.2, 0.25) is 0 Å². The second-order valence-corrected chi connectivity index (χ2v) is 5.07. The van der Waals surface area contributed by atoms with Crippen LogP contribution in [-0.4, -0.2) is 24.8 Å². The monoisotopic (exact) mass is 244 g/mol. The Kier molecular flexibility index (Phi) is 2.67. The van der Waals surface area contributed by atoms with Crippen molar-refractivity contribution in [2.24, 2.45) is 11.7 Å². The molecule has 2 aliphatic rings. The molecule has 0 radical (unpaired) electrons. The molecule has 1 fully saturated rings. The van der Waals surface area contributed by atoms with Gasteiger partial charge in [-0.2, -0.15) is 0 Å². The van der Waals surface area contributed by atoms with Gasteiger partial charge >= 0.3 is 0 Å². The highest BCUT2D eigenvalue weighted by molar-refractivity contribution is 6.02. The maximum Gasteiger partial charge on any atom is 0.227 e. The van der Waals surface area contributed by atoms with E-state index in [0.717, 1.165) is 23.2 Å². The van der Waals surface area contributed by atoms with Crippen molar-refractivity contribution in [3.63, 3.8) is 0 Å². The molecule has 1 heterocycles. The minimum atomic E-state index is 0.134. The predicted octanol–water partition coefficient (Wildman–Crippen LogP) is 1.13. The number of rotatable bonds is 2. The van der Waals surface area contributed by atoms with Gasteiger partial charge < -0.3 is 10.6 Å². The average molecular weight is 244 g/mol. The first-order valence-electron chi connectivity index (χ1n) is 6.35. The lowest BCUT2D eigenvalue weighted by Gasteiger charge is -2.17. The molecule has 0 bridgehead atoms. The molecule has 4 heteroatoms. The Morgan fingerprint density at radius 2 is 2.11 bits per heavy atom. The van der Waals surface area contributed by atoms with Gasteiger partial charge in [-0.15, -0.1) is 0 Å². The first kappa shape index (κ1) is 11.4. The molecule has 0 saturated carbocycles. The maximum atomic E-state index is 11.9. The van der Waals surface area contributed by atoms with Crippen molar-refractivity contribution < 1.29 is 9.59 Å². The number of hydrogen-bond acceptors (Lipinski definition) is 3. The highest BCUT2D eigenvalue weighted by Crippen LogP contribution is 2.30. The van der Waals surface area contributed by atoms with Gasteiger partial charge in [0, 0.05) is 30.6 Å². The molecule has 1 aliphatic heterocycles. The molecule has 0 spiro atoms. The van der Waals surface area contributed by atoms with Crippen molar-refractivity contribution in [2.45, 2.75) is 19.3 Å². The van der Waals surface area contributed by atoms with Crippen LogP contribution >= 0.6 is 0 Å². The first-order valence-corrected chi connectivity index (χ1v) is 6.35. The number of anilines is 1. The Bertz CT molecular complexity index is 525. The zero-order valence-corrected chi connectivity index (χ0v) is 10.2. The number of aryl methyl sites for hydroxylation is 1. The fourth-order valence-corrected chi connectivity index (χ4v) is 2.80. The lowest BCUT2D eigenvalue weighted by molar-refractivity contribution is -0.117. The lowest BCUT2D eigenvalue weighted by Crippen LogP contribution is -2.25. The number of ketones is 1. The molecule has 0 aromatic heterocycles. The van der Waals surface area contributed by atoms with Crippen LogP contribution in [0, 0.1) is 5.92 Å². The zero-order valence-electron chi connectivity index (χ0n) is 10.2. The number of carbonyl (C=O) groups excluding carboxylic acids is 2. The highest BCUT2D eigenvalue weighted by Gasteiger charge is 2.30. The second kappa shape index (κ2) is 4.21. The number of benzene rings is 1. The molecule has 1 aromatic carbocycles. The van der Waals surface area contributed by atoms with Gasteiger partial charge in [0.05, 0.1) is 0 Å². The third-order valence-electron chi connectivity index (χ3n) is 3.86. The molecule has 4 nitrogen and oxygen atoms in total. The normalized spacial score (nSPS) is 22.7. The lowest BCUT2D eigenvalue weighted by atomic mass is 10.1. The SMILES string of the molecule is NCC1CC(=O)N(c2ccc3c(c2)CCC3=O)C1. The topological polar surface area (TPSA) is 63.4 Å². The summed E-state index contributed by atoms with van der Waals surface area (Å²) in [4.78, 5) is 25.3. The van der Waals surface area contributed by atoms with Gasteiger partial charge in [-0.05, 0) is 42.6 Å². The van der Waals surface area contributed by atoms with E-state index in [2.05, 4.69) is 0 Å². The molecular formula is C14H16N2O2. The first-order chi connectivity index (χ1) is 8.69. The minimum Gasteiger partial charge on any atom is -0.330 e. The Labute approximate surface area is 106 Å². The van der Waals surface area contributed by atoms with Gasteiger partial charge in [0.25, 0.3) is 0 Å². The van der Waals surface area contributed by atoms with Crippen LogP contribution in [0.3, 0.4) is 0 Å². The third kappa shape index (κ3) is 1.73. The quantitative estimate of drug-likeness (QED) is 0.848. The maximum absolute atomic E-state index is 11.9. The number of amides is 1. The molecule has 1 aliphatic carbocycles. The van der Waals surface area contributed by atoms with Crippen molar-refractivity contribution >= 4 is 17.4 Å². The predicted molar refractivity (Wildman–Crippen MR) is 68.6 cm³/mol. The Morgan fingerprint density at radius 3 is 2.83 bits per heavy atom. The van der Waals surface area contributed by atoms with E-state index in [1.165, 1.54) is 0 Å². The van der Waals surface area contributed by atoms with Crippen LogP contribution in [0.25, 0.3) is 0 Å². The van der Waals surface area contributed by atoms with Crippen LogP contribution in [0.5, 0.6) is 0 Å². The number of hydrogen-bond donors (Lipinski definition) is 1. The van der Waals surface area contributed by atoms with Crippen LogP contribution in [0.15, 0.2) is 18.2 Å². The zero-order chi connectivity index (χ0) is 12.7. The molecule has 3 rings (SSSR count). The van der Waals surface area contributed by atoms with E-state index in [0.29, 0.717) is 25.9 Å². The van der Waals surface area contributed by atoms with Crippen LogP contribution in [0.1, 0.15) is 28.8 Å². The van der Waals surface area contributed by atoms with Crippen LogP contribution in [0.4, 0.5) is 5.69 Å². The Morgan fingerprint density at radius 1 is 1.28 bits per heavy atom. The van der Waals surface area contributed by atoms with Crippen molar-refractivity contribution in [3.05, 3.63) is 29.3 Å². The van der Waals surface area contributed by atoms with Gasteiger partial charge in [0.1, 0.15) is 0 Å². The van der Waals surface area contributed by atoms with Gasteiger partial charge in [-0.3, -0.25) is 9.59 Å². The number of Topliss-reactive ketones (excluding diaryl/α,β-unsaturated/α-hetero) is 1. The molecule has 1 saturated heterocycles. The van der Waals surface area contributed by atoms with Crippen molar-refractivity contribution in [1.29, 1.82) is 0 Å². The van der Waals surface area contributed by atoms with E-state index in [9.17, 15) is 9.59 Å². The van der Waals surface area contributed by atoms with Gasteiger partial charge in [0.15, 0.2) is 5.78 Å². The standard InChI is InChI=1S/C14H16N2O2/c15-7-9-5-14(18)16(8-9)11-2-3-12-10(6-11)1-4-13(12)17/h2-3,6,9H,1,4-5,7-8,15H2. The molecule has 1 amide bonds. The summed E-state index contributed by atoms with van der Waals surface area (Å²) in [5.41, 5.74) is 8.42. The van der Waals surface area contributed by atoms with Crippen molar-refractivity contribution in [3.8, 4) is 0 Å². The van der Waals surface area contributed by atoms with Crippen LogP contribution < -0.4 is 10.6 Å². The Balaban J connectivity index is 1.90. The summed E-state index contributed by atoms with van der Waals surface area (Å²) in [5.74, 6) is 0.603. The van der Waals surface area contributed by atoms with Crippen molar-refractivity contribution in [1.82, 2.24) is 0 Å². The van der Waals surface area contributed by atoms with Gasteiger partial charge in [-0.1, -0.05) is 0 Å². The molecule has 1 unspecified atom stereocenters. The van der Waals surface area contributed by atoms with Gasteiger partial charge in [0.2, 0.25) is 5.91 Å². The summed E-state index contributed by atoms with van der Waals surface area (Å²) in [5, 5.41) is 0. The van der Waals surface area contributed by atoms with Crippen molar-refractivity contribution in [2.75, 3.05) is 18.0 Å². The average Bonchev–Trinajstić information content (AvgIpc) is 2.93. The fourth-order valence-electron chi connectivity index (χ4n) is 2.80.